The Balaban J connectivity index is 1.14. The molecule has 4 N–H and O–H groups in total. The number of amides is 7. The number of carbonyl (C=O) groups is 5. The molecule has 3 saturated carbocycles. The van der Waals surface area contributed by atoms with E-state index in [0.717, 1.165) is 31.7 Å². The lowest BCUT2D eigenvalue weighted by molar-refractivity contribution is -0.156. The molecule has 3 aliphatic heterocycles. The van der Waals surface area contributed by atoms with E-state index in [-0.39, 0.29) is 53.9 Å². The summed E-state index contributed by atoms with van der Waals surface area (Å²) in [5.74, 6) is -1.57. The normalized spacial score (nSPS) is 31.2. The predicted molar refractivity (Wildman–Crippen MR) is 170 cm³/mol. The van der Waals surface area contributed by atoms with Gasteiger partial charge in [-0.15, -0.1) is 0 Å². The van der Waals surface area contributed by atoms with Crippen LogP contribution in [0.15, 0.2) is 11.4 Å². The van der Waals surface area contributed by atoms with E-state index >= 15 is 0 Å². The zero-order valence-corrected chi connectivity index (χ0v) is 28.6. The number of ether oxygens (including phenoxy) is 2. The number of imide groups is 3. The number of rotatable bonds is 10. The van der Waals surface area contributed by atoms with Crippen molar-refractivity contribution in [3.05, 3.63) is 11.4 Å². The molecule has 0 radical (unpaired) electrons. The Hall–Kier alpha value is -2.97. The van der Waals surface area contributed by atoms with Crippen LogP contribution in [0.1, 0.15) is 64.2 Å². The third-order valence-corrected chi connectivity index (χ3v) is 12.9. The number of barbiturate groups is 1. The zero-order chi connectivity index (χ0) is 33.0. The average Bonchev–Trinajstić information content (AvgIpc) is 3.52. The first kappa shape index (κ1) is 32.9. The van der Waals surface area contributed by atoms with Gasteiger partial charge in [0.1, 0.15) is 23.7 Å². The highest BCUT2D eigenvalue weighted by molar-refractivity contribution is 6.76. The van der Waals surface area contributed by atoms with E-state index in [1.54, 1.807) is 4.90 Å². The number of nitrogens with two attached hydrogens (primary N) is 2. The van der Waals surface area contributed by atoms with Crippen LogP contribution in [0.5, 0.6) is 0 Å². The number of carbonyl (C=O) groups excluding carboxylic acids is 5. The summed E-state index contributed by atoms with van der Waals surface area (Å²) in [5.41, 5.74) is 10.2. The summed E-state index contributed by atoms with van der Waals surface area (Å²) in [6.07, 6.45) is 7.54. The monoisotopic (exact) mass is 658 g/mol. The molecule has 0 bridgehead atoms. The van der Waals surface area contributed by atoms with Gasteiger partial charge in [0, 0.05) is 39.7 Å². The lowest BCUT2D eigenvalue weighted by Gasteiger charge is -2.59. The molecule has 7 amide bonds. The van der Waals surface area contributed by atoms with Crippen molar-refractivity contribution < 1.29 is 33.4 Å². The van der Waals surface area contributed by atoms with Crippen molar-refractivity contribution in [2.75, 3.05) is 39.6 Å². The van der Waals surface area contributed by atoms with Crippen molar-refractivity contribution in [2.45, 2.75) is 101 Å². The summed E-state index contributed by atoms with van der Waals surface area (Å²) in [7, 11) is -1.32. The minimum atomic E-state index is -1.32. The van der Waals surface area contributed by atoms with E-state index in [1.807, 2.05) is 0 Å². The van der Waals surface area contributed by atoms with Crippen molar-refractivity contribution in [1.29, 1.82) is 0 Å². The lowest BCUT2D eigenvalue weighted by Crippen LogP contribution is -2.66. The minimum Gasteiger partial charge on any atom is -0.385 e. The highest BCUT2D eigenvalue weighted by Crippen LogP contribution is 2.61. The van der Waals surface area contributed by atoms with Gasteiger partial charge >= 0.3 is 12.1 Å². The Morgan fingerprint density at radius 3 is 2.09 bits per heavy atom. The van der Waals surface area contributed by atoms with Gasteiger partial charge in [0.2, 0.25) is 0 Å². The van der Waals surface area contributed by atoms with Crippen LogP contribution in [0.25, 0.3) is 0 Å². The van der Waals surface area contributed by atoms with Crippen LogP contribution in [0.4, 0.5) is 9.59 Å². The number of hydrogen-bond donors (Lipinski definition) is 2. The summed E-state index contributed by atoms with van der Waals surface area (Å²) in [6, 6.07) is -0.334. The third kappa shape index (κ3) is 5.85. The van der Waals surface area contributed by atoms with Crippen molar-refractivity contribution in [1.82, 2.24) is 19.6 Å². The molecule has 0 aromatic heterocycles. The number of urea groups is 2. The maximum Gasteiger partial charge on any atom is 0.334 e. The van der Waals surface area contributed by atoms with E-state index in [0.29, 0.717) is 64.9 Å². The fraction of sp³-hybridized carbons (Fsp3) is 0.781. The third-order valence-electron chi connectivity index (χ3n) is 11.2. The lowest BCUT2D eigenvalue weighted by atomic mass is 9.51. The molecule has 6 rings (SSSR count). The first-order chi connectivity index (χ1) is 21.8. The van der Waals surface area contributed by atoms with Gasteiger partial charge < -0.3 is 25.8 Å². The van der Waals surface area contributed by atoms with Crippen LogP contribution in [-0.4, -0.2) is 109 Å². The molecule has 6 aliphatic rings. The topological polar surface area (TPSA) is 169 Å². The standard InChI is InChI=1S/C32H50N6O7Si/c1-46(2,3)13-12-44-20-36-28(41)32(37(29(36)42)15-22-16-45-17-22)18-31(19-32)10-8-23(9-11-31)38-27(40)24(25(33)34)26(39)35(30(38)43)14-21-6-4-5-7-21/h21-23H,4-20,33-34H2,1-3H3. The SMILES string of the molecule is C[Si](C)(C)CCOCN1C(=O)N(CC2COC2)C2(CC3(CCC(N4C(=O)C(=C(N)N)C(=O)N(CC5CCCC5)C4=O)CC3)C2)C1=O. The first-order valence-corrected chi connectivity index (χ1v) is 20.7. The summed E-state index contributed by atoms with van der Waals surface area (Å²) in [4.78, 5) is 73.4. The Labute approximate surface area is 271 Å². The fourth-order valence-corrected chi connectivity index (χ4v) is 9.28. The Morgan fingerprint density at radius 2 is 1.52 bits per heavy atom. The summed E-state index contributed by atoms with van der Waals surface area (Å²) in [6.45, 7) is 9.15. The molecule has 3 aliphatic carbocycles. The molecule has 3 heterocycles. The van der Waals surface area contributed by atoms with Gasteiger partial charge in [0.25, 0.3) is 17.7 Å². The van der Waals surface area contributed by atoms with Crippen LogP contribution < -0.4 is 11.5 Å². The Bertz CT molecular complexity index is 1300. The van der Waals surface area contributed by atoms with Crippen molar-refractivity contribution in [3.8, 4) is 0 Å². The van der Waals surface area contributed by atoms with Gasteiger partial charge in [-0.1, -0.05) is 32.5 Å². The van der Waals surface area contributed by atoms with Crippen LogP contribution in [0, 0.1) is 17.3 Å². The molecular weight excluding hydrogens is 608 g/mol. The molecule has 0 aromatic rings. The Morgan fingerprint density at radius 1 is 0.870 bits per heavy atom. The van der Waals surface area contributed by atoms with Gasteiger partial charge in [-0.25, -0.2) is 14.5 Å². The molecule has 13 nitrogen and oxygen atoms in total. The highest BCUT2D eigenvalue weighted by Gasteiger charge is 2.69. The summed E-state index contributed by atoms with van der Waals surface area (Å²) in [5, 5.41) is 0. The molecule has 2 spiro atoms. The molecule has 0 unspecified atom stereocenters. The fourth-order valence-electron chi connectivity index (χ4n) is 8.52. The van der Waals surface area contributed by atoms with E-state index in [1.165, 1.54) is 14.7 Å². The smallest absolute Gasteiger partial charge is 0.334 e. The van der Waals surface area contributed by atoms with Crippen LogP contribution >= 0.6 is 0 Å². The molecule has 0 atom stereocenters. The molecule has 0 aromatic carbocycles. The minimum absolute atomic E-state index is 0.0357. The second kappa shape index (κ2) is 12.2. The van der Waals surface area contributed by atoms with Crippen molar-refractivity contribution in [2.24, 2.45) is 28.7 Å². The van der Waals surface area contributed by atoms with Gasteiger partial charge in [-0.2, -0.15) is 0 Å². The van der Waals surface area contributed by atoms with Gasteiger partial charge in [0.15, 0.2) is 0 Å². The molecule has 254 valence electrons. The van der Waals surface area contributed by atoms with Crippen molar-refractivity contribution in [3.63, 3.8) is 0 Å². The van der Waals surface area contributed by atoms with E-state index in [2.05, 4.69) is 19.6 Å². The molecule has 14 heteroatoms. The quantitative estimate of drug-likeness (QED) is 0.118. The van der Waals surface area contributed by atoms with E-state index in [4.69, 9.17) is 20.9 Å². The summed E-state index contributed by atoms with van der Waals surface area (Å²) < 4.78 is 11.2. The average molecular weight is 659 g/mol. The maximum atomic E-state index is 13.9. The summed E-state index contributed by atoms with van der Waals surface area (Å²) >= 11 is 0. The second-order valence-corrected chi connectivity index (χ2v) is 21.5. The van der Waals surface area contributed by atoms with E-state index in [9.17, 15) is 24.0 Å². The molecule has 3 saturated heterocycles. The highest BCUT2D eigenvalue weighted by atomic mass is 28.3. The van der Waals surface area contributed by atoms with E-state index < -0.39 is 37.5 Å². The maximum absolute atomic E-state index is 13.9. The van der Waals surface area contributed by atoms with Gasteiger partial charge in [-0.05, 0) is 68.7 Å². The zero-order valence-electron chi connectivity index (χ0n) is 27.6. The molecule has 6 fully saturated rings. The largest absolute Gasteiger partial charge is 0.385 e. The molecular formula is C32H50N6O7Si. The predicted octanol–water partition coefficient (Wildman–Crippen LogP) is 2.78. The van der Waals surface area contributed by atoms with Crippen molar-refractivity contribution >= 4 is 37.9 Å². The first-order valence-electron chi connectivity index (χ1n) is 17.0. The second-order valence-electron chi connectivity index (χ2n) is 15.8. The number of hydrogen-bond acceptors (Lipinski definition) is 9. The number of nitrogens with zero attached hydrogens (tertiary/aromatic N) is 4. The van der Waals surface area contributed by atoms with Gasteiger partial charge in [0.05, 0.1) is 13.2 Å². The van der Waals surface area contributed by atoms with Crippen LogP contribution in [0.3, 0.4) is 0 Å². The molecule has 46 heavy (non-hydrogen) atoms. The van der Waals surface area contributed by atoms with Gasteiger partial charge in [-0.3, -0.25) is 24.2 Å². The van der Waals surface area contributed by atoms with Crippen LogP contribution in [-0.2, 0) is 23.9 Å². The Kier molecular flexibility index (Phi) is 8.77. The van der Waals surface area contributed by atoms with Crippen LogP contribution in [0.2, 0.25) is 25.7 Å².